The highest BCUT2D eigenvalue weighted by Gasteiger charge is 2.52. The highest BCUT2D eigenvalue weighted by molar-refractivity contribution is 7.12. The molecule has 44 heavy (non-hydrogen) atoms. The molecule has 0 amide bonds. The Morgan fingerprint density at radius 3 is 1.14 bits per heavy atom. The summed E-state index contributed by atoms with van der Waals surface area (Å²) in [5, 5.41) is 4.52. The minimum Gasteiger partial charge on any atom is -0.0619 e. The Hall–Kier alpha value is -3.68. The average molecular weight is 593 g/mol. The van der Waals surface area contributed by atoms with Gasteiger partial charge in [-0.3, -0.25) is 0 Å². The highest BCUT2D eigenvalue weighted by Crippen LogP contribution is 2.49. The second kappa shape index (κ2) is 10.7. The van der Waals surface area contributed by atoms with Crippen LogP contribution in [0.25, 0.3) is 11.1 Å². The van der Waals surface area contributed by atoms with Crippen molar-refractivity contribution < 1.29 is 0 Å². The quantitative estimate of drug-likeness (QED) is 0.144. The molecule has 0 heterocycles. The number of fused-ring (bicyclic) bond motifs is 3. The number of benzene rings is 5. The lowest BCUT2D eigenvalue weighted by molar-refractivity contribution is 0.569. The molecule has 0 spiro atoms. The smallest absolute Gasteiger partial charge is 0.0619 e. The number of rotatable bonds is 4. The Morgan fingerprint density at radius 2 is 0.773 bits per heavy atom. The Bertz CT molecular complexity index is 1710. The van der Waals surface area contributed by atoms with Crippen LogP contribution in [-0.2, 0) is 10.8 Å². The first-order valence-corrected chi connectivity index (χ1v) is 18.3. The predicted octanol–water partition coefficient (Wildman–Crippen LogP) is 9.34. The first-order chi connectivity index (χ1) is 20.7. The van der Waals surface area contributed by atoms with Gasteiger partial charge < -0.3 is 0 Å². The van der Waals surface area contributed by atoms with Crippen LogP contribution in [0, 0.1) is 27.7 Å². The van der Waals surface area contributed by atoms with Crippen LogP contribution in [0.1, 0.15) is 91.6 Å². The van der Waals surface area contributed by atoms with Gasteiger partial charge in [0.05, 0.1) is 0 Å². The molecule has 0 N–H and O–H groups in total. The van der Waals surface area contributed by atoms with Crippen molar-refractivity contribution in [3.05, 3.63) is 148 Å². The summed E-state index contributed by atoms with van der Waals surface area (Å²) in [6, 6.07) is 41.0. The van der Waals surface area contributed by atoms with E-state index in [1.165, 1.54) is 71.2 Å². The summed E-state index contributed by atoms with van der Waals surface area (Å²) >= 11 is 0. The van der Waals surface area contributed by atoms with E-state index in [-0.39, 0.29) is 16.4 Å². The molecular weight excluding hydrogens is 545 g/mol. The van der Waals surface area contributed by atoms with Crippen molar-refractivity contribution in [1.82, 2.24) is 0 Å². The average Bonchev–Trinajstić information content (AvgIpc) is 3.26. The summed E-state index contributed by atoms with van der Waals surface area (Å²) in [7, 11) is -2.84. The fourth-order valence-corrected chi connectivity index (χ4v) is 13.8. The maximum Gasteiger partial charge on any atom is 0.160 e. The molecule has 0 saturated heterocycles. The molecular formula is C43H48Si. The van der Waals surface area contributed by atoms with E-state index in [1.54, 1.807) is 0 Å². The van der Waals surface area contributed by atoms with E-state index in [0.717, 1.165) is 0 Å². The summed E-state index contributed by atoms with van der Waals surface area (Å²) in [6.45, 7) is 23.3. The third-order valence-corrected chi connectivity index (χ3v) is 14.8. The number of aryl methyl sites for hydroxylation is 4. The van der Waals surface area contributed by atoms with Gasteiger partial charge in [0, 0.05) is 5.54 Å². The third kappa shape index (κ3) is 5.10. The van der Waals surface area contributed by atoms with Crippen LogP contribution in [0.3, 0.4) is 0 Å². The summed E-state index contributed by atoms with van der Waals surface area (Å²) in [5.74, 6) is 0. The van der Waals surface area contributed by atoms with E-state index >= 15 is 0 Å². The molecule has 5 aromatic carbocycles. The molecule has 1 aliphatic rings. The topological polar surface area (TPSA) is 0 Å². The second-order valence-electron chi connectivity index (χ2n) is 15.5. The third-order valence-electron chi connectivity index (χ3n) is 9.74. The zero-order valence-electron chi connectivity index (χ0n) is 28.4. The van der Waals surface area contributed by atoms with Gasteiger partial charge in [-0.25, -0.2) is 0 Å². The minimum absolute atomic E-state index is 0.0205. The van der Waals surface area contributed by atoms with Crippen molar-refractivity contribution in [3.63, 3.8) is 0 Å². The molecule has 1 heteroatoms. The molecule has 6 rings (SSSR count). The molecule has 0 bridgehead atoms. The Kier molecular flexibility index (Phi) is 7.41. The lowest BCUT2D eigenvalue weighted by Crippen LogP contribution is -2.71. The van der Waals surface area contributed by atoms with E-state index in [9.17, 15) is 0 Å². The maximum atomic E-state index is 2.61. The van der Waals surface area contributed by atoms with Crippen molar-refractivity contribution in [2.45, 2.75) is 85.6 Å². The SMILES string of the molecule is Cc1cc(C)cc([Si](c2cc(C)cc(C)c2)(c2cc(C(C)(C)C)cc(C(C)(C)C)c2)C2c3ccccc3-c3ccccc32)c1. The summed E-state index contributed by atoms with van der Waals surface area (Å²) in [4.78, 5) is 0. The van der Waals surface area contributed by atoms with Crippen molar-refractivity contribution in [2.75, 3.05) is 0 Å². The van der Waals surface area contributed by atoms with E-state index in [4.69, 9.17) is 0 Å². The van der Waals surface area contributed by atoms with Gasteiger partial charge in [-0.15, -0.1) is 0 Å². The fraction of sp³-hybridized carbons (Fsp3) is 0.302. The molecule has 0 unspecified atom stereocenters. The summed E-state index contributed by atoms with van der Waals surface area (Å²) in [6.07, 6.45) is 0. The second-order valence-corrected chi connectivity index (χ2v) is 19.4. The predicted molar refractivity (Wildman–Crippen MR) is 194 cm³/mol. The molecule has 0 aromatic heterocycles. The van der Waals surface area contributed by atoms with Gasteiger partial charge in [-0.2, -0.15) is 0 Å². The molecule has 0 radical (unpaired) electrons. The van der Waals surface area contributed by atoms with Gasteiger partial charge in [-0.1, -0.05) is 167 Å². The summed E-state index contributed by atoms with van der Waals surface area (Å²) in [5.41, 5.74) is 14.2. The summed E-state index contributed by atoms with van der Waals surface area (Å²) < 4.78 is 0. The van der Waals surface area contributed by atoms with E-state index in [2.05, 4.69) is 172 Å². The zero-order valence-corrected chi connectivity index (χ0v) is 29.4. The number of hydrogen-bond donors (Lipinski definition) is 0. The normalized spacial score (nSPS) is 13.6. The zero-order chi connectivity index (χ0) is 31.6. The van der Waals surface area contributed by atoms with Crippen molar-refractivity contribution in [1.29, 1.82) is 0 Å². The van der Waals surface area contributed by atoms with Gasteiger partial charge in [-0.05, 0) is 87.5 Å². The van der Waals surface area contributed by atoms with Crippen LogP contribution >= 0.6 is 0 Å². The van der Waals surface area contributed by atoms with Gasteiger partial charge in [0.2, 0.25) is 0 Å². The molecule has 0 fully saturated rings. The Balaban J connectivity index is 1.89. The lowest BCUT2D eigenvalue weighted by atomic mass is 9.81. The van der Waals surface area contributed by atoms with Crippen molar-refractivity contribution >= 4 is 23.6 Å². The molecule has 1 aliphatic carbocycles. The molecule has 0 atom stereocenters. The van der Waals surface area contributed by atoms with E-state index in [1.807, 2.05) is 0 Å². The number of hydrogen-bond acceptors (Lipinski definition) is 0. The standard InChI is InChI=1S/C43H48Si/c1-28-19-29(2)22-34(21-28)44(35-23-30(3)20-31(4)24-35,36-26-32(42(5,6)7)25-33(27-36)43(8,9)10)41-39-17-13-11-15-37(39)38-16-12-14-18-40(38)41/h11-27,41H,1-10H3. The van der Waals surface area contributed by atoms with E-state index < -0.39 is 8.07 Å². The monoisotopic (exact) mass is 592 g/mol. The minimum atomic E-state index is -2.84. The van der Waals surface area contributed by atoms with Crippen LogP contribution in [0.15, 0.2) is 103 Å². The van der Waals surface area contributed by atoms with Crippen molar-refractivity contribution in [2.24, 2.45) is 0 Å². The van der Waals surface area contributed by atoms with Crippen LogP contribution < -0.4 is 15.6 Å². The van der Waals surface area contributed by atoms with Gasteiger partial charge in [0.25, 0.3) is 0 Å². The van der Waals surface area contributed by atoms with Gasteiger partial charge in [0.15, 0.2) is 8.07 Å². The van der Waals surface area contributed by atoms with Gasteiger partial charge in [0.1, 0.15) is 0 Å². The molecule has 0 saturated carbocycles. The van der Waals surface area contributed by atoms with Crippen LogP contribution in [0.5, 0.6) is 0 Å². The largest absolute Gasteiger partial charge is 0.160 e. The first kappa shape index (κ1) is 30.3. The fourth-order valence-electron chi connectivity index (χ4n) is 7.75. The van der Waals surface area contributed by atoms with Crippen LogP contribution in [0.2, 0.25) is 0 Å². The van der Waals surface area contributed by atoms with Crippen LogP contribution in [0.4, 0.5) is 0 Å². The Labute approximate surface area is 267 Å². The van der Waals surface area contributed by atoms with E-state index in [0.29, 0.717) is 0 Å². The lowest BCUT2D eigenvalue weighted by Gasteiger charge is -2.42. The molecule has 5 aromatic rings. The Morgan fingerprint density at radius 1 is 0.432 bits per heavy atom. The van der Waals surface area contributed by atoms with Gasteiger partial charge >= 0.3 is 0 Å². The molecule has 224 valence electrons. The van der Waals surface area contributed by atoms with Crippen molar-refractivity contribution in [3.8, 4) is 11.1 Å². The molecule has 0 aliphatic heterocycles. The highest BCUT2D eigenvalue weighted by atomic mass is 28.3. The first-order valence-electron chi connectivity index (χ1n) is 16.2. The molecule has 0 nitrogen and oxygen atoms in total. The van der Waals surface area contributed by atoms with Crippen LogP contribution in [-0.4, -0.2) is 8.07 Å². The maximum absolute atomic E-state index is 2.84.